The Labute approximate surface area is 140 Å². The van der Waals surface area contributed by atoms with E-state index in [2.05, 4.69) is 49.4 Å². The molecule has 2 aromatic rings. The van der Waals surface area contributed by atoms with Gasteiger partial charge in [0.25, 0.3) is 0 Å². The molecule has 0 amide bonds. The number of aryl methyl sites for hydroxylation is 1. The van der Waals surface area contributed by atoms with E-state index in [0.717, 1.165) is 32.1 Å². The maximum Gasteiger partial charge on any atom is 0.0867 e. The highest BCUT2D eigenvalue weighted by atomic mass is 16.3. The van der Waals surface area contributed by atoms with Crippen LogP contribution in [0.25, 0.3) is 0 Å². The fourth-order valence-corrected chi connectivity index (χ4v) is 2.86. The zero-order chi connectivity index (χ0) is 16.4. The molecule has 0 aromatic heterocycles. The molecule has 0 aliphatic heterocycles. The average molecular weight is 308 g/mol. The molecular formula is C22H28O. The first kappa shape index (κ1) is 17.5. The zero-order valence-electron chi connectivity index (χ0n) is 14.1. The highest BCUT2D eigenvalue weighted by molar-refractivity contribution is 5.20. The van der Waals surface area contributed by atoms with E-state index in [1.165, 1.54) is 11.1 Å². The van der Waals surface area contributed by atoms with E-state index in [0.29, 0.717) is 6.42 Å². The third kappa shape index (κ3) is 6.42. The van der Waals surface area contributed by atoms with Crippen LogP contribution in [0.4, 0.5) is 0 Å². The molecule has 0 spiro atoms. The summed E-state index contributed by atoms with van der Waals surface area (Å²) in [7, 11) is 0. The Kier molecular flexibility index (Phi) is 7.09. The van der Waals surface area contributed by atoms with Crippen LogP contribution in [0.1, 0.15) is 43.7 Å². The Hall–Kier alpha value is -1.86. The second-order valence-corrected chi connectivity index (χ2v) is 6.30. The lowest BCUT2D eigenvalue weighted by atomic mass is 9.88. The summed E-state index contributed by atoms with van der Waals surface area (Å²) < 4.78 is 0. The molecule has 2 aromatic carbocycles. The van der Waals surface area contributed by atoms with Crippen LogP contribution in [0, 0.1) is 0 Å². The molecule has 1 atom stereocenters. The van der Waals surface area contributed by atoms with Crippen LogP contribution in [0.2, 0.25) is 0 Å². The van der Waals surface area contributed by atoms with Crippen molar-refractivity contribution in [3.8, 4) is 0 Å². The molecule has 0 heterocycles. The molecular weight excluding hydrogens is 280 g/mol. The summed E-state index contributed by atoms with van der Waals surface area (Å²) in [5, 5.41) is 11.0. The first-order chi connectivity index (χ1) is 11.2. The lowest BCUT2D eigenvalue weighted by molar-refractivity contribution is 0.0790. The maximum atomic E-state index is 11.0. The number of rotatable bonds is 9. The quantitative estimate of drug-likeness (QED) is 0.620. The van der Waals surface area contributed by atoms with Gasteiger partial charge in [-0.2, -0.15) is 0 Å². The van der Waals surface area contributed by atoms with Crippen molar-refractivity contribution in [1.82, 2.24) is 0 Å². The van der Waals surface area contributed by atoms with E-state index >= 15 is 0 Å². The smallest absolute Gasteiger partial charge is 0.0867 e. The molecule has 1 unspecified atom stereocenters. The maximum absolute atomic E-state index is 11.0. The van der Waals surface area contributed by atoms with Crippen LogP contribution in [-0.4, -0.2) is 10.7 Å². The minimum atomic E-state index is -0.728. The molecule has 1 nitrogen and oxygen atoms in total. The molecule has 1 N–H and O–H groups in total. The minimum Gasteiger partial charge on any atom is -0.385 e. The number of hydrogen-bond acceptors (Lipinski definition) is 1. The van der Waals surface area contributed by atoms with Crippen molar-refractivity contribution in [1.29, 1.82) is 0 Å². The van der Waals surface area contributed by atoms with Crippen molar-refractivity contribution in [2.24, 2.45) is 0 Å². The van der Waals surface area contributed by atoms with E-state index in [9.17, 15) is 5.11 Å². The van der Waals surface area contributed by atoms with Crippen LogP contribution in [0.3, 0.4) is 0 Å². The van der Waals surface area contributed by atoms with Crippen molar-refractivity contribution < 1.29 is 5.11 Å². The lowest BCUT2D eigenvalue weighted by Gasteiger charge is -2.25. The number of hydrogen-bond donors (Lipinski definition) is 1. The van der Waals surface area contributed by atoms with Crippen LogP contribution in [-0.2, 0) is 12.8 Å². The summed E-state index contributed by atoms with van der Waals surface area (Å²) in [4.78, 5) is 0. The van der Waals surface area contributed by atoms with E-state index in [-0.39, 0.29) is 0 Å². The standard InChI is InChI=1S/C22H28O/c1-2-3-17-22(23,19-21-15-8-5-9-16-21)18-11-10-14-20-12-6-4-7-13-20/h4-9,11-13,15-16,18,23H,2-3,10,14,17,19H2,1H3/b18-11-. The van der Waals surface area contributed by atoms with E-state index in [4.69, 9.17) is 0 Å². The molecule has 23 heavy (non-hydrogen) atoms. The molecule has 0 saturated carbocycles. The van der Waals surface area contributed by atoms with E-state index in [1.807, 2.05) is 30.3 Å². The molecule has 1 heteroatoms. The van der Waals surface area contributed by atoms with Crippen LogP contribution >= 0.6 is 0 Å². The summed E-state index contributed by atoms with van der Waals surface area (Å²) >= 11 is 0. The van der Waals surface area contributed by atoms with E-state index in [1.54, 1.807) is 0 Å². The monoisotopic (exact) mass is 308 g/mol. The summed E-state index contributed by atoms with van der Waals surface area (Å²) in [6.45, 7) is 2.17. The molecule has 0 bridgehead atoms. The summed E-state index contributed by atoms with van der Waals surface area (Å²) in [6, 6.07) is 20.8. The lowest BCUT2D eigenvalue weighted by Crippen LogP contribution is -2.28. The normalized spacial score (nSPS) is 14.0. The number of aliphatic hydroxyl groups is 1. The molecule has 0 fully saturated rings. The van der Waals surface area contributed by atoms with Gasteiger partial charge in [0.1, 0.15) is 0 Å². The largest absolute Gasteiger partial charge is 0.385 e. The Balaban J connectivity index is 1.95. The highest BCUT2D eigenvalue weighted by Crippen LogP contribution is 2.22. The van der Waals surface area contributed by atoms with E-state index < -0.39 is 5.60 Å². The van der Waals surface area contributed by atoms with Gasteiger partial charge in [-0.15, -0.1) is 0 Å². The Bertz CT molecular complexity index is 573. The van der Waals surface area contributed by atoms with Crippen LogP contribution in [0.15, 0.2) is 72.8 Å². The van der Waals surface area contributed by atoms with Crippen molar-refractivity contribution in [3.05, 3.63) is 83.9 Å². The summed E-state index contributed by atoms with van der Waals surface area (Å²) in [5.74, 6) is 0. The minimum absolute atomic E-state index is 0.690. The van der Waals surface area contributed by atoms with Crippen LogP contribution < -0.4 is 0 Å². The third-order valence-electron chi connectivity index (χ3n) is 4.19. The highest BCUT2D eigenvalue weighted by Gasteiger charge is 2.22. The Morgan fingerprint density at radius 3 is 2.13 bits per heavy atom. The molecule has 0 aliphatic rings. The second-order valence-electron chi connectivity index (χ2n) is 6.30. The van der Waals surface area contributed by atoms with Crippen molar-refractivity contribution >= 4 is 0 Å². The number of allylic oxidation sites excluding steroid dienone is 1. The van der Waals surface area contributed by atoms with Gasteiger partial charge >= 0.3 is 0 Å². The number of benzene rings is 2. The molecule has 0 radical (unpaired) electrons. The van der Waals surface area contributed by atoms with Gasteiger partial charge in [-0.1, -0.05) is 92.6 Å². The molecule has 122 valence electrons. The zero-order valence-corrected chi connectivity index (χ0v) is 14.1. The molecule has 2 rings (SSSR count). The predicted molar refractivity (Wildman–Crippen MR) is 98.5 cm³/mol. The van der Waals surface area contributed by atoms with Gasteiger partial charge in [-0.05, 0) is 30.4 Å². The van der Waals surface area contributed by atoms with Crippen LogP contribution in [0.5, 0.6) is 0 Å². The fraction of sp³-hybridized carbons (Fsp3) is 0.364. The first-order valence-corrected chi connectivity index (χ1v) is 8.70. The van der Waals surface area contributed by atoms with Gasteiger partial charge in [-0.3, -0.25) is 0 Å². The SMILES string of the molecule is CCCCC(O)(/C=C\CCc1ccccc1)Cc1ccccc1. The first-order valence-electron chi connectivity index (χ1n) is 8.70. The fourth-order valence-electron chi connectivity index (χ4n) is 2.86. The number of unbranched alkanes of at least 4 members (excludes halogenated alkanes) is 1. The molecule has 0 saturated heterocycles. The topological polar surface area (TPSA) is 20.2 Å². The van der Waals surface area contributed by atoms with Gasteiger partial charge in [0.15, 0.2) is 0 Å². The van der Waals surface area contributed by atoms with Gasteiger partial charge in [0.05, 0.1) is 5.60 Å². The van der Waals surface area contributed by atoms with Gasteiger partial charge in [0, 0.05) is 6.42 Å². The van der Waals surface area contributed by atoms with Gasteiger partial charge in [0.2, 0.25) is 0 Å². The third-order valence-corrected chi connectivity index (χ3v) is 4.19. The Morgan fingerprint density at radius 2 is 1.52 bits per heavy atom. The van der Waals surface area contributed by atoms with Crippen molar-refractivity contribution in [2.45, 2.75) is 51.0 Å². The second kappa shape index (κ2) is 9.32. The molecule has 0 aliphatic carbocycles. The Morgan fingerprint density at radius 1 is 0.913 bits per heavy atom. The summed E-state index contributed by atoms with van der Waals surface area (Å²) in [6.07, 6.45) is 9.82. The van der Waals surface area contributed by atoms with Crippen molar-refractivity contribution in [3.63, 3.8) is 0 Å². The van der Waals surface area contributed by atoms with Gasteiger partial charge in [-0.25, -0.2) is 0 Å². The van der Waals surface area contributed by atoms with Crippen molar-refractivity contribution in [2.75, 3.05) is 0 Å². The predicted octanol–water partition coefficient (Wildman–Crippen LogP) is 5.34. The average Bonchev–Trinajstić information content (AvgIpc) is 2.59. The summed E-state index contributed by atoms with van der Waals surface area (Å²) in [5.41, 5.74) is 1.81. The van der Waals surface area contributed by atoms with Gasteiger partial charge < -0.3 is 5.11 Å².